The van der Waals surface area contributed by atoms with Gasteiger partial charge in [-0.15, -0.1) is 0 Å². The molecule has 0 saturated carbocycles. The molecule has 0 aliphatic carbocycles. The Bertz CT molecular complexity index is 397. The van der Waals surface area contributed by atoms with Crippen molar-refractivity contribution in [3.05, 3.63) is 17.6 Å². The van der Waals surface area contributed by atoms with Gasteiger partial charge in [-0.25, -0.2) is 9.97 Å². The lowest BCUT2D eigenvalue weighted by molar-refractivity contribution is 0.581. The van der Waals surface area contributed by atoms with E-state index < -0.39 is 0 Å². The fourth-order valence-corrected chi connectivity index (χ4v) is 2.30. The average Bonchev–Trinajstić information content (AvgIpc) is 2.45. The van der Waals surface area contributed by atoms with E-state index in [2.05, 4.69) is 37.1 Å². The minimum absolute atomic E-state index is 0.463. The standard InChI is InChI=1S/C15H26N4/c1-4-5-6-14-17-13(12(2)3)11-15(18-14)19-9-7-16-8-10-19/h11-12,16H,4-10H2,1-3H3. The van der Waals surface area contributed by atoms with E-state index in [9.17, 15) is 0 Å². The molecule has 0 bridgehead atoms. The summed E-state index contributed by atoms with van der Waals surface area (Å²) in [6, 6.07) is 2.17. The molecule has 2 heterocycles. The summed E-state index contributed by atoms with van der Waals surface area (Å²) < 4.78 is 0. The predicted octanol–water partition coefficient (Wildman–Crippen LogP) is 2.35. The number of rotatable bonds is 5. The van der Waals surface area contributed by atoms with E-state index in [4.69, 9.17) is 9.97 Å². The second-order valence-electron chi connectivity index (χ2n) is 5.56. The molecule has 106 valence electrons. The number of nitrogens with one attached hydrogen (secondary N) is 1. The number of hydrogen-bond acceptors (Lipinski definition) is 4. The summed E-state index contributed by atoms with van der Waals surface area (Å²) in [5.74, 6) is 2.60. The normalized spacial score (nSPS) is 16.1. The topological polar surface area (TPSA) is 41.1 Å². The SMILES string of the molecule is CCCCc1nc(C(C)C)cc(N2CCNCC2)n1. The minimum atomic E-state index is 0.463. The second kappa shape index (κ2) is 6.85. The van der Waals surface area contributed by atoms with Gasteiger partial charge in [0.2, 0.25) is 0 Å². The molecule has 1 aliphatic rings. The van der Waals surface area contributed by atoms with Crippen LogP contribution in [-0.2, 0) is 6.42 Å². The largest absolute Gasteiger partial charge is 0.354 e. The summed E-state index contributed by atoms with van der Waals surface area (Å²) in [5, 5.41) is 3.39. The smallest absolute Gasteiger partial charge is 0.132 e. The van der Waals surface area contributed by atoms with Gasteiger partial charge in [0.05, 0.1) is 0 Å². The Hall–Kier alpha value is -1.16. The van der Waals surface area contributed by atoms with Crippen LogP contribution in [0.5, 0.6) is 0 Å². The summed E-state index contributed by atoms with van der Waals surface area (Å²) in [6.45, 7) is 10.8. The zero-order valence-corrected chi connectivity index (χ0v) is 12.4. The van der Waals surface area contributed by atoms with Crippen molar-refractivity contribution in [1.29, 1.82) is 0 Å². The molecule has 19 heavy (non-hydrogen) atoms. The quantitative estimate of drug-likeness (QED) is 0.884. The van der Waals surface area contributed by atoms with E-state index in [-0.39, 0.29) is 0 Å². The molecular formula is C15H26N4. The third-order valence-corrected chi connectivity index (χ3v) is 3.57. The van der Waals surface area contributed by atoms with Gasteiger partial charge in [-0.2, -0.15) is 0 Å². The van der Waals surface area contributed by atoms with Gasteiger partial charge in [-0.05, 0) is 12.3 Å². The van der Waals surface area contributed by atoms with E-state index in [1.807, 2.05) is 0 Å². The van der Waals surface area contributed by atoms with Gasteiger partial charge in [0.1, 0.15) is 11.6 Å². The summed E-state index contributed by atoms with van der Waals surface area (Å²) >= 11 is 0. The fourth-order valence-electron chi connectivity index (χ4n) is 2.30. The lowest BCUT2D eigenvalue weighted by atomic mass is 10.1. The van der Waals surface area contributed by atoms with E-state index in [0.717, 1.165) is 44.2 Å². The molecule has 0 atom stereocenters. The highest BCUT2D eigenvalue weighted by molar-refractivity contribution is 5.41. The first-order chi connectivity index (χ1) is 9.20. The van der Waals surface area contributed by atoms with Crippen LogP contribution in [0.15, 0.2) is 6.07 Å². The Labute approximate surface area is 116 Å². The molecule has 0 amide bonds. The van der Waals surface area contributed by atoms with E-state index in [0.29, 0.717) is 5.92 Å². The number of aromatic nitrogens is 2. The van der Waals surface area contributed by atoms with Crippen molar-refractivity contribution in [3.63, 3.8) is 0 Å². The van der Waals surface area contributed by atoms with Crippen molar-refractivity contribution < 1.29 is 0 Å². The molecule has 0 spiro atoms. The molecule has 1 aromatic rings. The monoisotopic (exact) mass is 262 g/mol. The third kappa shape index (κ3) is 3.90. The maximum Gasteiger partial charge on any atom is 0.132 e. The molecular weight excluding hydrogens is 236 g/mol. The molecule has 1 N–H and O–H groups in total. The van der Waals surface area contributed by atoms with Gasteiger partial charge in [-0.1, -0.05) is 27.2 Å². The summed E-state index contributed by atoms with van der Waals surface area (Å²) in [4.78, 5) is 11.9. The highest BCUT2D eigenvalue weighted by Gasteiger charge is 2.15. The van der Waals surface area contributed by atoms with Crippen LogP contribution in [0.2, 0.25) is 0 Å². The number of nitrogens with zero attached hydrogens (tertiary/aromatic N) is 3. The summed E-state index contributed by atoms with van der Waals surface area (Å²) in [7, 11) is 0. The number of aryl methyl sites for hydroxylation is 1. The second-order valence-corrected chi connectivity index (χ2v) is 5.56. The van der Waals surface area contributed by atoms with Gasteiger partial charge in [-0.3, -0.25) is 0 Å². The lowest BCUT2D eigenvalue weighted by Gasteiger charge is -2.29. The molecule has 1 saturated heterocycles. The van der Waals surface area contributed by atoms with Crippen LogP contribution in [-0.4, -0.2) is 36.1 Å². The van der Waals surface area contributed by atoms with Crippen molar-refractivity contribution in [1.82, 2.24) is 15.3 Å². The Kier molecular flexibility index (Phi) is 5.14. The lowest BCUT2D eigenvalue weighted by Crippen LogP contribution is -2.44. The van der Waals surface area contributed by atoms with E-state index >= 15 is 0 Å². The van der Waals surface area contributed by atoms with Crippen LogP contribution >= 0.6 is 0 Å². The molecule has 0 radical (unpaired) electrons. The van der Waals surface area contributed by atoms with Crippen LogP contribution in [0.25, 0.3) is 0 Å². The average molecular weight is 262 g/mol. The molecule has 1 aromatic heterocycles. The van der Waals surface area contributed by atoms with Crippen molar-refractivity contribution >= 4 is 5.82 Å². The van der Waals surface area contributed by atoms with Gasteiger partial charge >= 0.3 is 0 Å². The van der Waals surface area contributed by atoms with Crippen molar-refractivity contribution in [2.45, 2.75) is 46.0 Å². The number of unbranched alkanes of at least 4 members (excludes halogenated alkanes) is 1. The zero-order chi connectivity index (χ0) is 13.7. The predicted molar refractivity (Wildman–Crippen MR) is 79.8 cm³/mol. The minimum Gasteiger partial charge on any atom is -0.354 e. The van der Waals surface area contributed by atoms with E-state index in [1.54, 1.807) is 0 Å². The first-order valence-electron chi connectivity index (χ1n) is 7.54. The molecule has 0 unspecified atom stereocenters. The number of piperazine rings is 1. The van der Waals surface area contributed by atoms with Crippen LogP contribution in [0, 0.1) is 0 Å². The van der Waals surface area contributed by atoms with Crippen LogP contribution < -0.4 is 10.2 Å². The Morgan fingerprint density at radius 1 is 1.26 bits per heavy atom. The van der Waals surface area contributed by atoms with Crippen molar-refractivity contribution in [2.24, 2.45) is 0 Å². The van der Waals surface area contributed by atoms with Crippen molar-refractivity contribution in [3.8, 4) is 0 Å². The van der Waals surface area contributed by atoms with Gasteiger partial charge in [0, 0.05) is 44.4 Å². The van der Waals surface area contributed by atoms with Crippen molar-refractivity contribution in [2.75, 3.05) is 31.1 Å². The molecule has 4 heteroatoms. The summed E-state index contributed by atoms with van der Waals surface area (Å²) in [5.41, 5.74) is 1.18. The van der Waals surface area contributed by atoms with Crippen LogP contribution in [0.3, 0.4) is 0 Å². The first-order valence-corrected chi connectivity index (χ1v) is 7.54. The Morgan fingerprint density at radius 3 is 2.63 bits per heavy atom. The zero-order valence-electron chi connectivity index (χ0n) is 12.4. The van der Waals surface area contributed by atoms with Gasteiger partial charge in [0.25, 0.3) is 0 Å². The molecule has 1 fully saturated rings. The highest BCUT2D eigenvalue weighted by atomic mass is 15.2. The molecule has 2 rings (SSSR count). The molecule has 1 aliphatic heterocycles. The van der Waals surface area contributed by atoms with E-state index in [1.165, 1.54) is 18.5 Å². The number of hydrogen-bond donors (Lipinski definition) is 1. The maximum absolute atomic E-state index is 4.76. The maximum atomic E-state index is 4.76. The Morgan fingerprint density at radius 2 is 2.00 bits per heavy atom. The third-order valence-electron chi connectivity index (χ3n) is 3.57. The van der Waals surface area contributed by atoms with Gasteiger partial charge < -0.3 is 10.2 Å². The Balaban J connectivity index is 2.22. The van der Waals surface area contributed by atoms with Gasteiger partial charge in [0.15, 0.2) is 0 Å². The van der Waals surface area contributed by atoms with Crippen LogP contribution in [0.1, 0.15) is 51.0 Å². The molecule has 0 aromatic carbocycles. The molecule has 4 nitrogen and oxygen atoms in total. The summed E-state index contributed by atoms with van der Waals surface area (Å²) in [6.07, 6.45) is 3.36. The number of anilines is 1. The fraction of sp³-hybridized carbons (Fsp3) is 0.733. The highest BCUT2D eigenvalue weighted by Crippen LogP contribution is 2.19. The van der Waals surface area contributed by atoms with Crippen LogP contribution in [0.4, 0.5) is 5.82 Å². The first kappa shape index (κ1) is 14.3.